The lowest BCUT2D eigenvalue weighted by atomic mass is 9.87. The van der Waals surface area contributed by atoms with Crippen molar-refractivity contribution < 1.29 is 9.15 Å². The normalized spacial score (nSPS) is 16.7. The predicted octanol–water partition coefficient (Wildman–Crippen LogP) is 2.34. The maximum absolute atomic E-state index is 12.6. The molecule has 112 valence electrons. The summed E-state index contributed by atoms with van der Waals surface area (Å²) in [5.41, 5.74) is 6.72. The molecule has 0 fully saturated rings. The SMILES string of the molecule is N#CC1=C(N)Oc2c(c(=O)[nH]c3ccccc23)[C@@H]1c1ccco1. The lowest BCUT2D eigenvalue weighted by Crippen LogP contribution is -2.27. The van der Waals surface area contributed by atoms with Crippen LogP contribution in [0.3, 0.4) is 0 Å². The first-order valence-corrected chi connectivity index (χ1v) is 6.96. The molecule has 1 aromatic carbocycles. The number of nitriles is 1. The van der Waals surface area contributed by atoms with E-state index in [9.17, 15) is 10.1 Å². The van der Waals surface area contributed by atoms with Gasteiger partial charge in [0.1, 0.15) is 23.2 Å². The zero-order chi connectivity index (χ0) is 16.0. The second-order valence-corrected chi connectivity index (χ2v) is 5.18. The first kappa shape index (κ1) is 13.2. The van der Waals surface area contributed by atoms with E-state index >= 15 is 0 Å². The predicted molar refractivity (Wildman–Crippen MR) is 82.6 cm³/mol. The van der Waals surface area contributed by atoms with Gasteiger partial charge in [-0.2, -0.15) is 5.26 Å². The van der Waals surface area contributed by atoms with Crippen LogP contribution in [0.2, 0.25) is 0 Å². The second kappa shape index (κ2) is 4.78. The Hall–Kier alpha value is -3.46. The Labute approximate surface area is 130 Å². The highest BCUT2D eigenvalue weighted by molar-refractivity contribution is 5.87. The number of fused-ring (bicyclic) bond motifs is 3. The Balaban J connectivity index is 2.11. The number of nitrogens with one attached hydrogen (secondary N) is 1. The van der Waals surface area contributed by atoms with Crippen molar-refractivity contribution in [3.63, 3.8) is 0 Å². The van der Waals surface area contributed by atoms with Gasteiger partial charge in [-0.3, -0.25) is 4.79 Å². The van der Waals surface area contributed by atoms with Gasteiger partial charge in [0, 0.05) is 5.39 Å². The number of benzene rings is 1. The van der Waals surface area contributed by atoms with Crippen molar-refractivity contribution >= 4 is 10.9 Å². The molecule has 3 aromatic rings. The molecule has 0 saturated carbocycles. The number of allylic oxidation sites excluding steroid dienone is 1. The summed E-state index contributed by atoms with van der Waals surface area (Å²) in [6.07, 6.45) is 1.49. The maximum Gasteiger partial charge on any atom is 0.256 e. The summed E-state index contributed by atoms with van der Waals surface area (Å²) in [6, 6.07) is 12.7. The van der Waals surface area contributed by atoms with Gasteiger partial charge in [0.2, 0.25) is 5.88 Å². The van der Waals surface area contributed by atoms with Gasteiger partial charge in [-0.1, -0.05) is 12.1 Å². The van der Waals surface area contributed by atoms with Crippen molar-refractivity contribution in [3.8, 4) is 11.8 Å². The fourth-order valence-electron chi connectivity index (χ4n) is 2.91. The Kier molecular flexibility index (Phi) is 2.75. The fraction of sp³-hybridized carbons (Fsp3) is 0.0588. The summed E-state index contributed by atoms with van der Waals surface area (Å²) in [6.45, 7) is 0. The third-order valence-corrected chi connectivity index (χ3v) is 3.91. The molecule has 23 heavy (non-hydrogen) atoms. The average Bonchev–Trinajstić information content (AvgIpc) is 3.08. The highest BCUT2D eigenvalue weighted by atomic mass is 16.5. The van der Waals surface area contributed by atoms with Crippen LogP contribution in [0.25, 0.3) is 10.9 Å². The van der Waals surface area contributed by atoms with Gasteiger partial charge < -0.3 is 19.9 Å². The number of H-pyrrole nitrogens is 1. The summed E-state index contributed by atoms with van der Waals surface area (Å²) in [5, 5.41) is 10.2. The van der Waals surface area contributed by atoms with Gasteiger partial charge in [-0.25, -0.2) is 0 Å². The van der Waals surface area contributed by atoms with Crippen LogP contribution in [0.15, 0.2) is 63.3 Å². The minimum Gasteiger partial charge on any atom is -0.468 e. The van der Waals surface area contributed by atoms with Crippen LogP contribution in [0.4, 0.5) is 0 Å². The molecule has 4 rings (SSSR count). The topological polar surface area (TPSA) is 105 Å². The molecule has 6 nitrogen and oxygen atoms in total. The molecule has 0 aliphatic carbocycles. The van der Waals surface area contributed by atoms with Crippen molar-refractivity contribution in [2.24, 2.45) is 5.73 Å². The Morgan fingerprint density at radius 2 is 2.04 bits per heavy atom. The molecule has 1 aliphatic heterocycles. The molecule has 0 spiro atoms. The second-order valence-electron chi connectivity index (χ2n) is 5.18. The lowest BCUT2D eigenvalue weighted by molar-refractivity contribution is 0.386. The van der Waals surface area contributed by atoms with Crippen LogP contribution in [-0.2, 0) is 0 Å². The average molecular weight is 305 g/mol. The lowest BCUT2D eigenvalue weighted by Gasteiger charge is -2.24. The zero-order valence-electron chi connectivity index (χ0n) is 11.9. The minimum absolute atomic E-state index is 0.0165. The van der Waals surface area contributed by atoms with Gasteiger partial charge in [0.05, 0.1) is 23.3 Å². The number of aromatic nitrogens is 1. The molecule has 0 unspecified atom stereocenters. The highest BCUT2D eigenvalue weighted by Gasteiger charge is 2.36. The molecule has 0 bridgehead atoms. The molecule has 3 N–H and O–H groups in total. The van der Waals surface area contributed by atoms with E-state index in [4.69, 9.17) is 14.9 Å². The third-order valence-electron chi connectivity index (χ3n) is 3.91. The summed E-state index contributed by atoms with van der Waals surface area (Å²) < 4.78 is 11.1. The maximum atomic E-state index is 12.6. The number of pyridine rings is 1. The van der Waals surface area contributed by atoms with Gasteiger partial charge in [-0.15, -0.1) is 0 Å². The Bertz CT molecular complexity index is 1040. The van der Waals surface area contributed by atoms with Crippen molar-refractivity contribution in [1.82, 2.24) is 4.98 Å². The molecule has 3 heterocycles. The van der Waals surface area contributed by atoms with E-state index in [0.29, 0.717) is 22.6 Å². The summed E-state index contributed by atoms with van der Waals surface area (Å²) >= 11 is 0. The molecule has 6 heteroatoms. The number of aromatic amines is 1. The molecular weight excluding hydrogens is 294 g/mol. The van der Waals surface area contributed by atoms with E-state index in [-0.39, 0.29) is 17.0 Å². The molecule has 1 aliphatic rings. The largest absolute Gasteiger partial charge is 0.468 e. The van der Waals surface area contributed by atoms with Gasteiger partial charge in [-0.05, 0) is 24.3 Å². The number of hydrogen-bond donors (Lipinski definition) is 2. The van der Waals surface area contributed by atoms with Crippen LogP contribution in [0.1, 0.15) is 17.2 Å². The molecular formula is C17H11N3O3. The highest BCUT2D eigenvalue weighted by Crippen LogP contribution is 2.42. The molecule has 0 radical (unpaired) electrons. The first-order valence-electron chi connectivity index (χ1n) is 6.96. The van der Waals surface area contributed by atoms with Gasteiger partial charge in [0.15, 0.2) is 0 Å². The Morgan fingerprint density at radius 3 is 2.78 bits per heavy atom. The Morgan fingerprint density at radius 1 is 1.22 bits per heavy atom. The first-order chi connectivity index (χ1) is 11.2. The number of para-hydroxylation sites is 1. The van der Waals surface area contributed by atoms with Gasteiger partial charge >= 0.3 is 0 Å². The van der Waals surface area contributed by atoms with Crippen LogP contribution in [-0.4, -0.2) is 4.98 Å². The third kappa shape index (κ3) is 1.84. The van der Waals surface area contributed by atoms with E-state index in [1.165, 1.54) is 6.26 Å². The van der Waals surface area contributed by atoms with E-state index in [1.807, 2.05) is 24.3 Å². The smallest absolute Gasteiger partial charge is 0.256 e. The van der Waals surface area contributed by atoms with E-state index in [1.54, 1.807) is 18.2 Å². The van der Waals surface area contributed by atoms with Crippen molar-refractivity contribution in [2.75, 3.05) is 0 Å². The number of nitrogens with zero attached hydrogens (tertiary/aromatic N) is 1. The number of rotatable bonds is 1. The summed E-state index contributed by atoms with van der Waals surface area (Å²) in [7, 11) is 0. The minimum atomic E-state index is -0.688. The van der Waals surface area contributed by atoms with Crippen molar-refractivity contribution in [3.05, 3.63) is 75.8 Å². The van der Waals surface area contributed by atoms with Crippen molar-refractivity contribution in [2.45, 2.75) is 5.92 Å². The number of nitrogens with two attached hydrogens (primary N) is 1. The van der Waals surface area contributed by atoms with Crippen molar-refractivity contribution in [1.29, 1.82) is 5.26 Å². The van der Waals surface area contributed by atoms with Gasteiger partial charge in [0.25, 0.3) is 5.56 Å². The van der Waals surface area contributed by atoms with Crippen LogP contribution < -0.4 is 16.0 Å². The molecule has 0 amide bonds. The summed E-state index contributed by atoms with van der Waals surface area (Å²) in [4.78, 5) is 15.4. The van der Waals surface area contributed by atoms with Crippen LogP contribution in [0.5, 0.6) is 5.75 Å². The number of ether oxygens (including phenoxy) is 1. The number of hydrogen-bond acceptors (Lipinski definition) is 5. The van der Waals surface area contributed by atoms with E-state index < -0.39 is 5.92 Å². The molecule has 1 atom stereocenters. The molecule has 0 saturated heterocycles. The zero-order valence-corrected chi connectivity index (χ0v) is 11.9. The standard InChI is InChI=1S/C17H11N3O3/c18-8-10-13(12-6-3-7-22-12)14-15(23-16(10)19)9-4-1-2-5-11(9)20-17(14)21/h1-7,13H,19H2,(H,20,21)/t13-/m0/s1. The summed E-state index contributed by atoms with van der Waals surface area (Å²) in [5.74, 6) is 0.126. The fourth-order valence-corrected chi connectivity index (χ4v) is 2.91. The van der Waals surface area contributed by atoms with E-state index in [2.05, 4.69) is 4.98 Å². The molecule has 2 aromatic heterocycles. The quantitative estimate of drug-likeness (QED) is 0.718. The van der Waals surface area contributed by atoms with Crippen LogP contribution in [0, 0.1) is 11.3 Å². The monoisotopic (exact) mass is 305 g/mol. The van der Waals surface area contributed by atoms with Crippen LogP contribution >= 0.6 is 0 Å². The number of furan rings is 1. The van der Waals surface area contributed by atoms with E-state index in [0.717, 1.165) is 5.39 Å².